The minimum absolute atomic E-state index is 0.119. The average molecular weight is 378 g/mol. The Morgan fingerprint density at radius 2 is 2.12 bits per heavy atom. The first-order valence-corrected chi connectivity index (χ1v) is 8.69. The summed E-state index contributed by atoms with van der Waals surface area (Å²) in [5.74, 6) is 0.691. The first kappa shape index (κ1) is 17.4. The number of hydrogen-bond donors (Lipinski definition) is 1. The number of rotatable bonds is 4. The zero-order valence-corrected chi connectivity index (χ0v) is 15.5. The smallest absolute Gasteiger partial charge is 0.262 e. The number of aromatic nitrogens is 2. The summed E-state index contributed by atoms with van der Waals surface area (Å²) in [7, 11) is 1.52. The Kier molecular flexibility index (Phi) is 4.78. The summed E-state index contributed by atoms with van der Waals surface area (Å²) in [6.07, 6.45) is 0. The molecule has 2 heterocycles. The van der Waals surface area contributed by atoms with Crippen molar-refractivity contribution in [3.05, 3.63) is 50.3 Å². The van der Waals surface area contributed by atoms with Crippen LogP contribution in [0, 0.1) is 13.8 Å². The Bertz CT molecular complexity index is 1030. The van der Waals surface area contributed by atoms with Gasteiger partial charge in [0.1, 0.15) is 22.9 Å². The Morgan fingerprint density at radius 1 is 1.36 bits per heavy atom. The fourth-order valence-electron chi connectivity index (χ4n) is 2.51. The second-order valence-corrected chi connectivity index (χ2v) is 7.17. The lowest BCUT2D eigenvalue weighted by molar-refractivity contribution is -0.116. The van der Waals surface area contributed by atoms with Crippen molar-refractivity contribution in [2.45, 2.75) is 20.4 Å². The van der Waals surface area contributed by atoms with E-state index >= 15 is 0 Å². The molecule has 1 aromatic carbocycles. The van der Waals surface area contributed by atoms with Crippen molar-refractivity contribution < 1.29 is 9.53 Å². The van der Waals surface area contributed by atoms with Gasteiger partial charge in [-0.05, 0) is 38.1 Å². The number of methoxy groups -OCH3 is 1. The van der Waals surface area contributed by atoms with Crippen LogP contribution in [0.15, 0.2) is 29.1 Å². The van der Waals surface area contributed by atoms with Gasteiger partial charge < -0.3 is 10.1 Å². The molecule has 0 radical (unpaired) electrons. The van der Waals surface area contributed by atoms with E-state index in [0.717, 1.165) is 4.88 Å². The molecule has 6 nitrogen and oxygen atoms in total. The lowest BCUT2D eigenvalue weighted by Gasteiger charge is -2.11. The molecule has 0 fully saturated rings. The van der Waals surface area contributed by atoms with Gasteiger partial charge in [0.2, 0.25) is 5.91 Å². The van der Waals surface area contributed by atoms with E-state index in [9.17, 15) is 9.59 Å². The Morgan fingerprint density at radius 3 is 2.80 bits per heavy atom. The number of carbonyl (C=O) groups is 1. The van der Waals surface area contributed by atoms with Crippen molar-refractivity contribution in [1.82, 2.24) is 9.55 Å². The summed E-state index contributed by atoms with van der Waals surface area (Å²) in [6.45, 7) is 3.52. The third-order valence-electron chi connectivity index (χ3n) is 3.70. The van der Waals surface area contributed by atoms with E-state index in [1.807, 2.05) is 6.92 Å². The molecule has 130 valence electrons. The molecule has 0 aliphatic rings. The van der Waals surface area contributed by atoms with Gasteiger partial charge in [0.25, 0.3) is 5.56 Å². The summed E-state index contributed by atoms with van der Waals surface area (Å²) in [5, 5.41) is 3.66. The number of carbonyl (C=O) groups excluding carboxylic acids is 1. The highest BCUT2D eigenvalue weighted by atomic mass is 35.5. The maximum atomic E-state index is 12.6. The number of halogens is 1. The van der Waals surface area contributed by atoms with Crippen molar-refractivity contribution in [2.75, 3.05) is 12.4 Å². The lowest BCUT2D eigenvalue weighted by atomic mass is 10.3. The molecular weight excluding hydrogens is 362 g/mol. The van der Waals surface area contributed by atoms with Gasteiger partial charge in [-0.3, -0.25) is 14.2 Å². The van der Waals surface area contributed by atoms with Gasteiger partial charge in [0.15, 0.2) is 0 Å². The van der Waals surface area contributed by atoms with Crippen LogP contribution in [-0.4, -0.2) is 22.6 Å². The molecule has 0 bridgehead atoms. The minimum atomic E-state index is -0.334. The molecule has 0 aliphatic heterocycles. The number of nitrogens with one attached hydrogen (secondary N) is 1. The largest absolute Gasteiger partial charge is 0.495 e. The molecule has 1 N–H and O–H groups in total. The second kappa shape index (κ2) is 6.85. The molecule has 0 saturated heterocycles. The summed E-state index contributed by atoms with van der Waals surface area (Å²) in [5.41, 5.74) is 0.316. The van der Waals surface area contributed by atoms with Crippen LogP contribution in [0.3, 0.4) is 0 Å². The van der Waals surface area contributed by atoms with E-state index in [0.29, 0.717) is 32.5 Å². The number of fused-ring (bicyclic) bond motifs is 1. The highest BCUT2D eigenvalue weighted by Crippen LogP contribution is 2.27. The summed E-state index contributed by atoms with van der Waals surface area (Å²) >= 11 is 7.52. The van der Waals surface area contributed by atoms with Crippen LogP contribution >= 0.6 is 22.9 Å². The maximum absolute atomic E-state index is 12.6. The normalized spacial score (nSPS) is 10.9. The first-order chi connectivity index (χ1) is 11.9. The number of hydrogen-bond acceptors (Lipinski definition) is 5. The van der Waals surface area contributed by atoms with Crippen LogP contribution in [0.5, 0.6) is 5.75 Å². The number of thiophene rings is 1. The summed E-state index contributed by atoms with van der Waals surface area (Å²) < 4.78 is 6.45. The highest BCUT2D eigenvalue weighted by Gasteiger charge is 2.14. The molecule has 0 spiro atoms. The Balaban J connectivity index is 1.84. The number of anilines is 1. The quantitative estimate of drug-likeness (QED) is 0.756. The number of benzene rings is 1. The minimum Gasteiger partial charge on any atom is -0.495 e. The van der Waals surface area contributed by atoms with Gasteiger partial charge in [-0.1, -0.05) is 11.6 Å². The van der Waals surface area contributed by atoms with E-state index in [1.165, 1.54) is 23.0 Å². The van der Waals surface area contributed by atoms with E-state index < -0.39 is 0 Å². The maximum Gasteiger partial charge on any atom is 0.262 e. The zero-order chi connectivity index (χ0) is 18.1. The fraction of sp³-hybridized carbons (Fsp3) is 0.235. The Hall–Kier alpha value is -2.38. The van der Waals surface area contributed by atoms with E-state index in [1.54, 1.807) is 31.2 Å². The Labute approximate surface area is 153 Å². The average Bonchev–Trinajstić information content (AvgIpc) is 2.92. The molecule has 0 atom stereocenters. The molecule has 25 heavy (non-hydrogen) atoms. The molecule has 1 amide bonds. The van der Waals surface area contributed by atoms with E-state index in [-0.39, 0.29) is 18.0 Å². The molecule has 2 aromatic heterocycles. The van der Waals surface area contributed by atoms with Crippen LogP contribution in [0.2, 0.25) is 5.02 Å². The van der Waals surface area contributed by atoms with Crippen molar-refractivity contribution in [2.24, 2.45) is 0 Å². The number of ether oxygens (including phenoxy) is 1. The standard InChI is InChI=1S/C17H16ClN3O3S/c1-9-6-12-16(25-9)19-10(2)21(17(12)23)8-15(22)20-11-4-5-14(24-3)13(18)7-11/h4-7H,8H2,1-3H3,(H,20,22). The number of aryl methyl sites for hydroxylation is 2. The third-order valence-corrected chi connectivity index (χ3v) is 4.94. The van der Waals surface area contributed by atoms with Gasteiger partial charge in [-0.15, -0.1) is 11.3 Å². The summed E-state index contributed by atoms with van der Waals surface area (Å²) in [4.78, 5) is 31.0. The van der Waals surface area contributed by atoms with Crippen molar-refractivity contribution in [3.63, 3.8) is 0 Å². The number of nitrogens with zero attached hydrogens (tertiary/aromatic N) is 2. The molecule has 3 aromatic rings. The van der Waals surface area contributed by atoms with E-state index in [4.69, 9.17) is 16.3 Å². The fourth-order valence-corrected chi connectivity index (χ4v) is 3.69. The molecule has 0 unspecified atom stereocenters. The van der Waals surface area contributed by atoms with E-state index in [2.05, 4.69) is 10.3 Å². The van der Waals surface area contributed by atoms with Crippen LogP contribution < -0.4 is 15.6 Å². The molecule has 0 saturated carbocycles. The monoisotopic (exact) mass is 377 g/mol. The second-order valence-electron chi connectivity index (χ2n) is 5.52. The first-order valence-electron chi connectivity index (χ1n) is 7.50. The molecule has 3 rings (SSSR count). The predicted molar refractivity (Wildman–Crippen MR) is 100.0 cm³/mol. The van der Waals surface area contributed by atoms with Gasteiger partial charge >= 0.3 is 0 Å². The van der Waals surface area contributed by atoms with Gasteiger partial charge in [0.05, 0.1) is 17.5 Å². The van der Waals surface area contributed by atoms with Crippen molar-refractivity contribution >= 4 is 44.7 Å². The topological polar surface area (TPSA) is 73.2 Å². The van der Waals surface area contributed by atoms with Crippen molar-refractivity contribution in [3.8, 4) is 5.75 Å². The van der Waals surface area contributed by atoms with Crippen LogP contribution in [-0.2, 0) is 11.3 Å². The van der Waals surface area contributed by atoms with Crippen molar-refractivity contribution in [1.29, 1.82) is 0 Å². The lowest BCUT2D eigenvalue weighted by Crippen LogP contribution is -2.29. The SMILES string of the molecule is COc1ccc(NC(=O)Cn2c(C)nc3sc(C)cc3c2=O)cc1Cl. The molecular formula is C17H16ClN3O3S. The van der Waals surface area contributed by atoms with Gasteiger partial charge in [0, 0.05) is 10.6 Å². The highest BCUT2D eigenvalue weighted by molar-refractivity contribution is 7.18. The van der Waals surface area contributed by atoms with Gasteiger partial charge in [-0.2, -0.15) is 0 Å². The summed E-state index contributed by atoms with van der Waals surface area (Å²) in [6, 6.07) is 6.74. The zero-order valence-electron chi connectivity index (χ0n) is 13.9. The molecule has 0 aliphatic carbocycles. The molecule has 8 heteroatoms. The third kappa shape index (κ3) is 3.52. The van der Waals surface area contributed by atoms with Crippen LogP contribution in [0.25, 0.3) is 10.2 Å². The van der Waals surface area contributed by atoms with Gasteiger partial charge in [-0.25, -0.2) is 4.98 Å². The predicted octanol–water partition coefficient (Wildman–Crippen LogP) is 3.38. The van der Waals surface area contributed by atoms with Crippen LogP contribution in [0.1, 0.15) is 10.7 Å². The van der Waals surface area contributed by atoms with Crippen LogP contribution in [0.4, 0.5) is 5.69 Å². The number of amides is 1.